The summed E-state index contributed by atoms with van der Waals surface area (Å²) >= 11 is 0. The van der Waals surface area contributed by atoms with Crippen LogP contribution in [-0.4, -0.2) is 10.5 Å². The highest BCUT2D eigenvalue weighted by molar-refractivity contribution is 8.93. The van der Waals surface area contributed by atoms with Crippen LogP contribution in [-0.2, 0) is 6.54 Å². The molecule has 4 bridgehead atoms. The van der Waals surface area contributed by atoms with Gasteiger partial charge >= 0.3 is 0 Å². The Labute approximate surface area is 126 Å². The van der Waals surface area contributed by atoms with E-state index in [-0.39, 0.29) is 17.0 Å². The van der Waals surface area contributed by atoms with E-state index in [1.165, 1.54) is 44.2 Å². The molecule has 104 valence electrons. The van der Waals surface area contributed by atoms with Gasteiger partial charge < -0.3 is 5.32 Å². The number of halogens is 1. The fourth-order valence-corrected chi connectivity index (χ4v) is 5.11. The molecule has 0 aromatic carbocycles. The second-order valence-electron chi connectivity index (χ2n) is 6.87. The predicted octanol–water partition coefficient (Wildman–Crippen LogP) is 3.72. The summed E-state index contributed by atoms with van der Waals surface area (Å²) in [5.41, 5.74) is 1.65. The monoisotopic (exact) mass is 322 g/mol. The van der Waals surface area contributed by atoms with Crippen LogP contribution in [0.4, 0.5) is 0 Å². The Morgan fingerprint density at radius 2 is 1.68 bits per heavy atom. The van der Waals surface area contributed by atoms with E-state index in [2.05, 4.69) is 22.4 Å². The van der Waals surface area contributed by atoms with Gasteiger partial charge in [-0.05, 0) is 68.4 Å². The van der Waals surface area contributed by atoms with Crippen molar-refractivity contribution in [3.8, 4) is 0 Å². The van der Waals surface area contributed by atoms with Gasteiger partial charge in [0.1, 0.15) is 0 Å². The molecule has 0 radical (unpaired) electrons. The number of aromatic nitrogens is 1. The van der Waals surface area contributed by atoms with Gasteiger partial charge in [-0.2, -0.15) is 0 Å². The minimum atomic E-state index is 0. The van der Waals surface area contributed by atoms with Crippen molar-refractivity contribution >= 4 is 17.0 Å². The van der Waals surface area contributed by atoms with Crippen LogP contribution < -0.4 is 5.32 Å². The van der Waals surface area contributed by atoms with Gasteiger partial charge in [-0.15, -0.1) is 17.0 Å². The Balaban J connectivity index is 0.00000110. The van der Waals surface area contributed by atoms with Crippen molar-refractivity contribution in [1.82, 2.24) is 10.3 Å². The van der Waals surface area contributed by atoms with E-state index in [4.69, 9.17) is 0 Å². The third-order valence-electron chi connectivity index (χ3n) is 5.41. The van der Waals surface area contributed by atoms with Crippen molar-refractivity contribution in [2.75, 3.05) is 0 Å². The summed E-state index contributed by atoms with van der Waals surface area (Å²) in [6.07, 6.45) is 10.7. The molecule has 0 aliphatic heterocycles. The van der Waals surface area contributed by atoms with Gasteiger partial charge in [-0.1, -0.05) is 6.07 Å². The van der Waals surface area contributed by atoms with Gasteiger partial charge in [0.15, 0.2) is 0 Å². The molecule has 5 rings (SSSR count). The Bertz CT molecular complexity index is 396. The number of hydrogen-bond acceptors (Lipinski definition) is 2. The van der Waals surface area contributed by atoms with Crippen molar-refractivity contribution in [3.63, 3.8) is 0 Å². The minimum absolute atomic E-state index is 0. The van der Waals surface area contributed by atoms with Crippen molar-refractivity contribution in [2.45, 2.75) is 50.6 Å². The molecule has 1 aromatic heterocycles. The van der Waals surface area contributed by atoms with E-state index in [1.807, 2.05) is 12.3 Å². The summed E-state index contributed by atoms with van der Waals surface area (Å²) in [5.74, 6) is 3.06. The first-order chi connectivity index (χ1) is 8.81. The van der Waals surface area contributed by atoms with Gasteiger partial charge in [0.2, 0.25) is 0 Å². The average Bonchev–Trinajstić information content (AvgIpc) is 2.36. The molecule has 3 heteroatoms. The third kappa shape index (κ3) is 2.59. The van der Waals surface area contributed by atoms with Crippen molar-refractivity contribution in [1.29, 1.82) is 0 Å². The maximum atomic E-state index is 4.43. The molecule has 4 aliphatic rings. The molecular weight excluding hydrogens is 300 g/mol. The lowest BCUT2D eigenvalue weighted by Gasteiger charge is -2.57. The smallest absolute Gasteiger partial charge is 0.0541 e. The van der Waals surface area contributed by atoms with Gasteiger partial charge in [0.25, 0.3) is 0 Å². The highest BCUT2D eigenvalue weighted by atomic mass is 79.9. The molecule has 4 fully saturated rings. The Hall–Kier alpha value is -0.410. The molecule has 19 heavy (non-hydrogen) atoms. The third-order valence-corrected chi connectivity index (χ3v) is 5.41. The quantitative estimate of drug-likeness (QED) is 0.917. The molecule has 0 atom stereocenters. The second-order valence-corrected chi connectivity index (χ2v) is 6.87. The highest BCUT2D eigenvalue weighted by Crippen LogP contribution is 2.55. The zero-order chi connectivity index (χ0) is 12.0. The zero-order valence-corrected chi connectivity index (χ0v) is 13.1. The lowest BCUT2D eigenvalue weighted by Crippen LogP contribution is -2.58. The van der Waals surface area contributed by atoms with Crippen LogP contribution in [0.2, 0.25) is 0 Å². The zero-order valence-electron chi connectivity index (χ0n) is 11.3. The SMILES string of the molecule is Br.c1ccc(CNC23CC4CC(CC(C4)C2)C3)nc1. The largest absolute Gasteiger partial charge is 0.306 e. The number of pyridine rings is 1. The van der Waals surface area contributed by atoms with E-state index in [0.717, 1.165) is 24.3 Å². The van der Waals surface area contributed by atoms with Crippen LogP contribution >= 0.6 is 17.0 Å². The van der Waals surface area contributed by atoms with Crippen LogP contribution in [0.25, 0.3) is 0 Å². The van der Waals surface area contributed by atoms with Gasteiger partial charge in [0.05, 0.1) is 5.69 Å². The first kappa shape index (κ1) is 13.6. The molecule has 4 aliphatic carbocycles. The Kier molecular flexibility index (Phi) is 3.69. The van der Waals surface area contributed by atoms with E-state index in [1.54, 1.807) is 0 Å². The summed E-state index contributed by atoms with van der Waals surface area (Å²) in [7, 11) is 0. The predicted molar refractivity (Wildman–Crippen MR) is 82.3 cm³/mol. The van der Waals surface area contributed by atoms with E-state index < -0.39 is 0 Å². The van der Waals surface area contributed by atoms with Crippen LogP contribution in [0.15, 0.2) is 24.4 Å². The Morgan fingerprint density at radius 3 is 2.21 bits per heavy atom. The molecule has 1 aromatic rings. The summed E-state index contributed by atoms with van der Waals surface area (Å²) in [5, 5.41) is 3.88. The van der Waals surface area contributed by atoms with Gasteiger partial charge in [0, 0.05) is 18.3 Å². The fraction of sp³-hybridized carbons (Fsp3) is 0.688. The number of nitrogens with zero attached hydrogens (tertiary/aromatic N) is 1. The molecule has 2 nitrogen and oxygen atoms in total. The maximum Gasteiger partial charge on any atom is 0.0541 e. The van der Waals surface area contributed by atoms with E-state index in [9.17, 15) is 0 Å². The lowest BCUT2D eigenvalue weighted by molar-refractivity contribution is -0.0207. The normalized spacial score (nSPS) is 39.1. The highest BCUT2D eigenvalue weighted by Gasteiger charge is 2.50. The molecule has 0 spiro atoms. The van der Waals surface area contributed by atoms with Crippen molar-refractivity contribution in [3.05, 3.63) is 30.1 Å². The first-order valence-electron chi connectivity index (χ1n) is 7.46. The van der Waals surface area contributed by atoms with Crippen LogP contribution in [0.5, 0.6) is 0 Å². The Morgan fingerprint density at radius 1 is 1.05 bits per heavy atom. The summed E-state index contributed by atoms with van der Waals surface area (Å²) in [6, 6.07) is 6.21. The van der Waals surface area contributed by atoms with Crippen LogP contribution in [0.3, 0.4) is 0 Å². The molecule has 0 unspecified atom stereocenters. The summed E-state index contributed by atoms with van der Waals surface area (Å²) < 4.78 is 0. The topological polar surface area (TPSA) is 24.9 Å². The van der Waals surface area contributed by atoms with Gasteiger partial charge in [-0.25, -0.2) is 0 Å². The average molecular weight is 323 g/mol. The van der Waals surface area contributed by atoms with E-state index >= 15 is 0 Å². The van der Waals surface area contributed by atoms with Crippen molar-refractivity contribution in [2.24, 2.45) is 17.8 Å². The van der Waals surface area contributed by atoms with Crippen LogP contribution in [0.1, 0.15) is 44.2 Å². The van der Waals surface area contributed by atoms with Crippen LogP contribution in [0, 0.1) is 17.8 Å². The molecule has 1 heterocycles. The summed E-state index contributed by atoms with van der Waals surface area (Å²) in [4.78, 5) is 4.43. The molecule has 0 saturated heterocycles. The van der Waals surface area contributed by atoms with Gasteiger partial charge in [-0.3, -0.25) is 4.98 Å². The lowest BCUT2D eigenvalue weighted by atomic mass is 9.53. The standard InChI is InChI=1S/C16H22N2.BrH/c1-2-4-17-15(3-1)11-18-16-8-12-5-13(9-16)7-14(6-12)10-16;/h1-4,12-14,18H,5-11H2;1H. The number of hydrogen-bond donors (Lipinski definition) is 1. The first-order valence-corrected chi connectivity index (χ1v) is 7.46. The van der Waals surface area contributed by atoms with Crippen molar-refractivity contribution < 1.29 is 0 Å². The molecular formula is C16H23BrN2. The molecule has 1 N–H and O–H groups in total. The maximum absolute atomic E-state index is 4.43. The van der Waals surface area contributed by atoms with E-state index in [0.29, 0.717) is 5.54 Å². The second kappa shape index (κ2) is 5.17. The molecule has 4 saturated carbocycles. The molecule has 0 amide bonds. The number of rotatable bonds is 3. The number of nitrogens with one attached hydrogen (secondary N) is 1. The fourth-order valence-electron chi connectivity index (χ4n) is 5.11. The summed E-state index contributed by atoms with van der Waals surface area (Å²) in [6.45, 7) is 0.951. The minimum Gasteiger partial charge on any atom is -0.306 e.